The van der Waals surface area contributed by atoms with E-state index in [1.54, 1.807) is 0 Å². The molecule has 0 saturated carbocycles. The molecule has 0 aliphatic heterocycles. The molecule has 0 spiro atoms. The summed E-state index contributed by atoms with van der Waals surface area (Å²) in [5.41, 5.74) is 0. The maximum atomic E-state index is 10.7. The van der Waals surface area contributed by atoms with Gasteiger partial charge in [-0.1, -0.05) is 0 Å². The molecule has 0 amide bonds. The van der Waals surface area contributed by atoms with E-state index in [1.165, 1.54) is 0 Å². The lowest BCUT2D eigenvalue weighted by atomic mass is 10.4. The predicted octanol–water partition coefficient (Wildman–Crippen LogP) is 2.41. The zero-order valence-corrected chi connectivity index (χ0v) is 13.7. The van der Waals surface area contributed by atoms with Crippen LogP contribution in [0, 0.1) is 34.0 Å². The van der Waals surface area contributed by atoms with Gasteiger partial charge in [-0.15, -0.1) is 0 Å². The second-order valence-corrected chi connectivity index (χ2v) is 11.0. The van der Waals surface area contributed by atoms with Crippen molar-refractivity contribution in [3.8, 4) is 18.2 Å². The molecule has 0 radical (unpaired) electrons. The standard InChI is InChI=1S/C13H20N3O3PS/c14-6-3-10-20(11-4-7-15,12-5-8-16)9-1-2-13-21(17,18)19/h1-5,9-13H2/p+1. The first-order valence-corrected chi connectivity index (χ1v) is 10.9. The highest BCUT2D eigenvalue weighted by atomic mass is 32.2. The highest BCUT2D eigenvalue weighted by Crippen LogP contribution is 2.60. The van der Waals surface area contributed by atoms with Crippen molar-refractivity contribution in [1.82, 2.24) is 0 Å². The Hall–Kier alpha value is -1.19. The van der Waals surface area contributed by atoms with Crippen molar-refractivity contribution in [2.75, 3.05) is 30.4 Å². The van der Waals surface area contributed by atoms with Gasteiger partial charge in [0.15, 0.2) is 0 Å². The Kier molecular flexibility index (Phi) is 9.93. The zero-order valence-electron chi connectivity index (χ0n) is 12.0. The third-order valence-corrected chi connectivity index (χ3v) is 8.96. The summed E-state index contributed by atoms with van der Waals surface area (Å²) in [6.45, 7) is 0. The zero-order chi connectivity index (χ0) is 16.2. The van der Waals surface area contributed by atoms with Crippen LogP contribution in [0.15, 0.2) is 0 Å². The van der Waals surface area contributed by atoms with Crippen LogP contribution in [-0.4, -0.2) is 43.4 Å². The largest absolute Gasteiger partial charge is 0.286 e. The Labute approximate surface area is 127 Å². The number of nitriles is 3. The summed E-state index contributed by atoms with van der Waals surface area (Å²) in [5.74, 6) is -0.262. The number of unbranched alkanes of at least 4 members (excludes halogenated alkanes) is 1. The van der Waals surface area contributed by atoms with Crippen LogP contribution in [0.2, 0.25) is 0 Å². The molecule has 0 aromatic rings. The minimum absolute atomic E-state index is 0.262. The van der Waals surface area contributed by atoms with Crippen LogP contribution in [0.1, 0.15) is 32.1 Å². The van der Waals surface area contributed by atoms with E-state index in [0.717, 1.165) is 24.6 Å². The van der Waals surface area contributed by atoms with Crippen molar-refractivity contribution in [3.05, 3.63) is 0 Å². The summed E-state index contributed by atoms with van der Waals surface area (Å²) in [6.07, 6.45) is 5.15. The van der Waals surface area contributed by atoms with E-state index in [-0.39, 0.29) is 5.75 Å². The normalized spacial score (nSPS) is 11.3. The smallest absolute Gasteiger partial charge is 0.264 e. The van der Waals surface area contributed by atoms with Gasteiger partial charge < -0.3 is 0 Å². The van der Waals surface area contributed by atoms with Crippen LogP contribution < -0.4 is 0 Å². The van der Waals surface area contributed by atoms with Gasteiger partial charge in [0, 0.05) is 7.26 Å². The van der Waals surface area contributed by atoms with Gasteiger partial charge in [0.2, 0.25) is 0 Å². The van der Waals surface area contributed by atoms with Crippen molar-refractivity contribution >= 4 is 17.4 Å². The third-order valence-electron chi connectivity index (χ3n) is 3.38. The van der Waals surface area contributed by atoms with E-state index in [2.05, 4.69) is 18.2 Å². The molecule has 6 nitrogen and oxygen atoms in total. The summed E-state index contributed by atoms with van der Waals surface area (Å²) in [6, 6.07) is 6.35. The third kappa shape index (κ3) is 10.2. The molecular weight excluding hydrogens is 309 g/mol. The van der Waals surface area contributed by atoms with E-state index in [1.807, 2.05) is 0 Å². The molecule has 1 N–H and O–H groups in total. The van der Waals surface area contributed by atoms with Gasteiger partial charge in [-0.05, 0) is 12.8 Å². The van der Waals surface area contributed by atoms with Gasteiger partial charge in [-0.25, -0.2) is 0 Å². The van der Waals surface area contributed by atoms with E-state index in [4.69, 9.17) is 20.3 Å². The molecule has 0 unspecified atom stereocenters. The van der Waals surface area contributed by atoms with Gasteiger partial charge in [0.25, 0.3) is 10.1 Å². The molecule has 0 aliphatic rings. The molecule has 0 aromatic heterocycles. The van der Waals surface area contributed by atoms with Crippen LogP contribution in [0.5, 0.6) is 0 Å². The first kappa shape index (κ1) is 19.8. The molecule has 0 aliphatic carbocycles. The lowest BCUT2D eigenvalue weighted by molar-refractivity contribution is 0.481. The molecule has 116 valence electrons. The molecular formula is C13H21N3O3PS+. The van der Waals surface area contributed by atoms with Crippen molar-refractivity contribution in [2.24, 2.45) is 0 Å². The minimum Gasteiger partial charge on any atom is -0.286 e. The maximum Gasteiger partial charge on any atom is 0.264 e. The highest BCUT2D eigenvalue weighted by Gasteiger charge is 2.35. The molecule has 0 aromatic carbocycles. The fourth-order valence-corrected chi connectivity index (χ4v) is 6.79. The average Bonchev–Trinajstić information content (AvgIpc) is 2.43. The lowest BCUT2D eigenvalue weighted by Gasteiger charge is -2.25. The maximum absolute atomic E-state index is 10.7. The Bertz CT molecular complexity index is 483. The fourth-order valence-electron chi connectivity index (χ4n) is 2.26. The molecule has 0 atom stereocenters. The predicted molar refractivity (Wildman–Crippen MR) is 82.7 cm³/mol. The van der Waals surface area contributed by atoms with Gasteiger partial charge in [0.1, 0.15) is 0 Å². The second kappa shape index (κ2) is 10.5. The molecule has 0 bridgehead atoms. The van der Waals surface area contributed by atoms with E-state index in [9.17, 15) is 8.42 Å². The summed E-state index contributed by atoms with van der Waals surface area (Å²) in [5, 5.41) is 26.4. The van der Waals surface area contributed by atoms with Crippen LogP contribution in [0.25, 0.3) is 0 Å². The highest BCUT2D eigenvalue weighted by molar-refractivity contribution is 7.85. The van der Waals surface area contributed by atoms with Crippen molar-refractivity contribution in [1.29, 1.82) is 15.8 Å². The minimum atomic E-state index is -3.94. The average molecular weight is 330 g/mol. The summed E-state index contributed by atoms with van der Waals surface area (Å²) >= 11 is 0. The molecule has 0 heterocycles. The number of hydrogen-bond donors (Lipinski definition) is 1. The number of nitrogens with zero attached hydrogens (tertiary/aromatic N) is 3. The molecule has 0 rings (SSSR count). The summed E-state index contributed by atoms with van der Waals surface area (Å²) in [7, 11) is -5.51. The summed E-state index contributed by atoms with van der Waals surface area (Å²) < 4.78 is 30.1. The van der Waals surface area contributed by atoms with Crippen LogP contribution in [0.3, 0.4) is 0 Å². The Balaban J connectivity index is 4.68. The number of rotatable bonds is 11. The van der Waals surface area contributed by atoms with Crippen molar-refractivity contribution < 1.29 is 13.0 Å². The molecule has 21 heavy (non-hydrogen) atoms. The topological polar surface area (TPSA) is 126 Å². The van der Waals surface area contributed by atoms with Crippen molar-refractivity contribution in [2.45, 2.75) is 32.1 Å². The second-order valence-electron chi connectivity index (χ2n) is 4.95. The van der Waals surface area contributed by atoms with Gasteiger partial charge >= 0.3 is 0 Å². The first-order chi connectivity index (χ1) is 9.89. The van der Waals surface area contributed by atoms with Crippen LogP contribution in [-0.2, 0) is 10.1 Å². The van der Waals surface area contributed by atoms with Gasteiger partial charge in [-0.3, -0.25) is 4.55 Å². The van der Waals surface area contributed by atoms with Crippen LogP contribution in [0.4, 0.5) is 0 Å². The van der Waals surface area contributed by atoms with Crippen molar-refractivity contribution in [3.63, 3.8) is 0 Å². The Morgan fingerprint density at radius 3 is 1.57 bits per heavy atom. The van der Waals surface area contributed by atoms with E-state index >= 15 is 0 Å². The lowest BCUT2D eigenvalue weighted by Crippen LogP contribution is -2.13. The van der Waals surface area contributed by atoms with Crippen LogP contribution >= 0.6 is 7.26 Å². The van der Waals surface area contributed by atoms with E-state index in [0.29, 0.717) is 32.1 Å². The summed E-state index contributed by atoms with van der Waals surface area (Å²) in [4.78, 5) is 0. The van der Waals surface area contributed by atoms with Gasteiger partial charge in [-0.2, -0.15) is 24.2 Å². The number of hydrogen-bond acceptors (Lipinski definition) is 5. The Morgan fingerprint density at radius 1 is 0.810 bits per heavy atom. The monoisotopic (exact) mass is 330 g/mol. The Morgan fingerprint density at radius 2 is 1.24 bits per heavy atom. The molecule has 0 fully saturated rings. The van der Waals surface area contributed by atoms with Gasteiger partial charge in [0.05, 0.1) is 67.9 Å². The SMILES string of the molecule is N#CCC[P+](CCC#N)(CCC#N)CCCCS(=O)(=O)O. The fraction of sp³-hybridized carbons (Fsp3) is 0.769. The molecule has 8 heteroatoms. The van der Waals surface area contributed by atoms with E-state index < -0.39 is 17.4 Å². The first-order valence-electron chi connectivity index (χ1n) is 6.80. The molecule has 0 saturated heterocycles. The quantitative estimate of drug-likeness (QED) is 0.352.